The average molecular weight is 606 g/mol. The molecule has 0 atom stereocenters. The maximum Gasteiger partial charge on any atom is 0.217 e. The third-order valence-electron chi connectivity index (χ3n) is 8.65. The van der Waals surface area contributed by atoms with Gasteiger partial charge < -0.3 is 9.04 Å². The Morgan fingerprint density at radius 3 is 0.829 bits per heavy atom. The second kappa shape index (κ2) is 32.7. The van der Waals surface area contributed by atoms with Crippen molar-refractivity contribution in [2.24, 2.45) is 0 Å². The zero-order chi connectivity index (χ0) is 30.9. The second-order valence-corrected chi connectivity index (χ2v) is 13.7. The van der Waals surface area contributed by atoms with Crippen molar-refractivity contribution in [3.05, 3.63) is 0 Å². The summed E-state index contributed by atoms with van der Waals surface area (Å²) in [6, 6.07) is 0. The van der Waals surface area contributed by atoms with Crippen LogP contribution in [0.1, 0.15) is 195 Å². The van der Waals surface area contributed by atoms with E-state index >= 15 is 0 Å². The van der Waals surface area contributed by atoms with E-state index in [9.17, 15) is 13.0 Å². The fourth-order valence-electron chi connectivity index (χ4n) is 5.85. The normalized spacial score (nSPS) is 12.0. The number of nitrogens with zero attached hydrogens (tertiary/aromatic N) is 1. The number of unbranched alkanes of at least 4 members (excludes halogenated alkanes) is 22. The lowest BCUT2D eigenvalue weighted by molar-refractivity contribution is -0.929. The van der Waals surface area contributed by atoms with Gasteiger partial charge in [0, 0.05) is 0 Å². The molecule has 0 N–H and O–H groups in total. The summed E-state index contributed by atoms with van der Waals surface area (Å²) in [4.78, 5) is 0. The molecule has 0 unspecified atom stereocenters. The average Bonchev–Trinajstić information content (AvgIpc) is 2.96. The molecule has 0 aliphatic rings. The van der Waals surface area contributed by atoms with Gasteiger partial charge in [-0.3, -0.25) is 4.18 Å². The first kappa shape index (κ1) is 43.0. The Labute approximate surface area is 259 Å². The minimum absolute atomic E-state index is 0.808. The van der Waals surface area contributed by atoms with E-state index in [1.54, 1.807) is 0 Å². The van der Waals surface area contributed by atoms with E-state index in [0.29, 0.717) is 0 Å². The first-order valence-electron chi connectivity index (χ1n) is 18.2. The number of hydrogen-bond donors (Lipinski definition) is 0. The van der Waals surface area contributed by atoms with Gasteiger partial charge in [-0.15, -0.1) is 0 Å². The number of hydrogen-bond acceptors (Lipinski definition) is 4. The van der Waals surface area contributed by atoms with Gasteiger partial charge in [0.15, 0.2) is 0 Å². The van der Waals surface area contributed by atoms with Crippen LogP contribution >= 0.6 is 0 Å². The van der Waals surface area contributed by atoms with Crippen LogP contribution in [0.4, 0.5) is 0 Å². The van der Waals surface area contributed by atoms with Crippen molar-refractivity contribution in [2.75, 3.05) is 33.3 Å². The van der Waals surface area contributed by atoms with Crippen LogP contribution in [0.25, 0.3) is 0 Å². The predicted octanol–water partition coefficient (Wildman–Crippen LogP) is 11.1. The van der Waals surface area contributed by atoms with Crippen LogP contribution in [0.3, 0.4) is 0 Å². The molecule has 0 radical (unpaired) electrons. The highest BCUT2D eigenvalue weighted by Crippen LogP contribution is 2.19. The topological polar surface area (TPSA) is 66.4 Å². The third kappa shape index (κ3) is 34.2. The van der Waals surface area contributed by atoms with Crippen LogP contribution in [-0.4, -0.2) is 50.7 Å². The van der Waals surface area contributed by atoms with Crippen molar-refractivity contribution >= 4 is 10.4 Å². The summed E-state index contributed by atoms with van der Waals surface area (Å²) < 4.78 is 32.5. The molecule has 0 saturated heterocycles. The summed E-state index contributed by atoms with van der Waals surface area (Å²) in [5.74, 6) is 0. The molecule has 41 heavy (non-hydrogen) atoms. The Balaban J connectivity index is 0. The standard InChI is InChI=1S/C34H72N.CH4O4S/c1-5-9-13-14-15-16-17-18-19-20-21-22-23-24-25-26-27-28-29-30-34-35(31-10-6-2,32-11-7-3)33-12-8-4;1-5-6(2,3)4/h5-34H2,1-4H3;1H3,(H,2,3,4)/q+1;/p-1. The lowest BCUT2D eigenvalue weighted by atomic mass is 10.0. The van der Waals surface area contributed by atoms with Gasteiger partial charge in [-0.05, 0) is 32.1 Å². The van der Waals surface area contributed by atoms with Crippen molar-refractivity contribution in [1.82, 2.24) is 0 Å². The monoisotopic (exact) mass is 606 g/mol. The maximum absolute atomic E-state index is 9.22. The molecule has 0 aromatic carbocycles. The van der Waals surface area contributed by atoms with E-state index in [2.05, 4.69) is 31.9 Å². The molecule has 0 fully saturated rings. The Morgan fingerprint density at radius 1 is 0.415 bits per heavy atom. The van der Waals surface area contributed by atoms with Gasteiger partial charge >= 0.3 is 0 Å². The molecule has 0 aliphatic heterocycles. The van der Waals surface area contributed by atoms with Crippen molar-refractivity contribution in [2.45, 2.75) is 195 Å². The Hall–Kier alpha value is -0.170. The highest BCUT2D eigenvalue weighted by molar-refractivity contribution is 7.80. The summed E-state index contributed by atoms with van der Waals surface area (Å²) >= 11 is 0. The van der Waals surface area contributed by atoms with Gasteiger partial charge in [0.25, 0.3) is 0 Å². The molecule has 0 amide bonds. The van der Waals surface area contributed by atoms with Gasteiger partial charge in [-0.1, -0.05) is 163 Å². The highest BCUT2D eigenvalue weighted by Gasteiger charge is 2.25. The van der Waals surface area contributed by atoms with E-state index in [4.69, 9.17) is 0 Å². The van der Waals surface area contributed by atoms with Crippen LogP contribution in [0.15, 0.2) is 0 Å². The first-order valence-corrected chi connectivity index (χ1v) is 19.5. The molecule has 6 heteroatoms. The highest BCUT2D eigenvalue weighted by atomic mass is 32.3. The van der Waals surface area contributed by atoms with Crippen molar-refractivity contribution in [3.63, 3.8) is 0 Å². The molecular formula is C35H75NO4S. The van der Waals surface area contributed by atoms with Crippen LogP contribution in [0.2, 0.25) is 0 Å². The molecule has 0 aliphatic carbocycles. The predicted molar refractivity (Wildman–Crippen MR) is 179 cm³/mol. The molecule has 0 heterocycles. The fourth-order valence-corrected chi connectivity index (χ4v) is 5.85. The summed E-state index contributed by atoms with van der Waals surface area (Å²) in [6.07, 6.45) is 37.9. The zero-order valence-electron chi connectivity index (χ0n) is 28.7. The molecule has 0 spiro atoms. The Kier molecular flexibility index (Phi) is 34.3. The Morgan fingerprint density at radius 2 is 0.610 bits per heavy atom. The zero-order valence-corrected chi connectivity index (χ0v) is 29.5. The third-order valence-corrected chi connectivity index (χ3v) is 9.06. The molecule has 0 saturated carbocycles. The second-order valence-electron chi connectivity index (χ2n) is 12.6. The smallest absolute Gasteiger partial charge is 0.217 e. The summed E-state index contributed by atoms with van der Waals surface area (Å²) in [5.41, 5.74) is 0. The quantitative estimate of drug-likeness (QED) is 0.0341. The van der Waals surface area contributed by atoms with Gasteiger partial charge in [-0.25, -0.2) is 8.42 Å². The summed E-state index contributed by atoms with van der Waals surface area (Å²) in [6.45, 7) is 15.2. The SMILES string of the molecule is CCCCCCCCCCCCCCCCCCCCCC[N+](CCCC)(CCCC)CCCC.COS(=O)(=O)[O-]. The Bertz CT molecular complexity index is 575. The molecule has 0 aromatic heterocycles. The van der Waals surface area contributed by atoms with Gasteiger partial charge in [-0.2, -0.15) is 0 Å². The van der Waals surface area contributed by atoms with E-state index in [0.717, 1.165) is 7.11 Å². The summed E-state index contributed by atoms with van der Waals surface area (Å²) in [7, 11) is -3.60. The largest absolute Gasteiger partial charge is 0.726 e. The maximum atomic E-state index is 9.22. The van der Waals surface area contributed by atoms with Gasteiger partial charge in [0.1, 0.15) is 0 Å². The lowest BCUT2D eigenvalue weighted by Gasteiger charge is -2.39. The molecule has 0 aromatic rings. The van der Waals surface area contributed by atoms with E-state index < -0.39 is 10.4 Å². The fraction of sp³-hybridized carbons (Fsp3) is 1.00. The van der Waals surface area contributed by atoms with E-state index in [1.807, 2.05) is 0 Å². The van der Waals surface area contributed by atoms with Crippen molar-refractivity contribution in [1.29, 1.82) is 0 Å². The number of quaternary nitrogens is 1. The molecule has 250 valence electrons. The van der Waals surface area contributed by atoms with Gasteiger partial charge in [0.05, 0.1) is 33.3 Å². The minimum Gasteiger partial charge on any atom is -0.726 e. The van der Waals surface area contributed by atoms with Crippen LogP contribution in [0, 0.1) is 0 Å². The molecular weight excluding hydrogens is 530 g/mol. The van der Waals surface area contributed by atoms with Crippen molar-refractivity contribution < 1.29 is 21.6 Å². The molecule has 5 nitrogen and oxygen atoms in total. The molecule has 0 bridgehead atoms. The first-order chi connectivity index (χ1) is 19.8. The van der Waals surface area contributed by atoms with E-state index in [-0.39, 0.29) is 0 Å². The van der Waals surface area contributed by atoms with Crippen LogP contribution in [-0.2, 0) is 14.6 Å². The lowest BCUT2D eigenvalue weighted by Crippen LogP contribution is -2.50. The van der Waals surface area contributed by atoms with Crippen molar-refractivity contribution in [3.8, 4) is 0 Å². The van der Waals surface area contributed by atoms with Gasteiger partial charge in [0.2, 0.25) is 10.4 Å². The van der Waals surface area contributed by atoms with Crippen LogP contribution in [0.5, 0.6) is 0 Å². The molecule has 0 rings (SSSR count). The summed E-state index contributed by atoms with van der Waals surface area (Å²) in [5, 5.41) is 0. The number of rotatable bonds is 31. The minimum atomic E-state index is -4.41. The van der Waals surface area contributed by atoms with Crippen LogP contribution < -0.4 is 0 Å². The van der Waals surface area contributed by atoms with E-state index in [1.165, 1.54) is 198 Å².